The number of hydrogen-bond acceptors (Lipinski definition) is 2. The normalized spacial score (nSPS) is 14.0. The Labute approximate surface area is 116 Å². The Bertz CT molecular complexity index is 290. The zero-order chi connectivity index (χ0) is 15.0. The summed E-state index contributed by atoms with van der Waals surface area (Å²) in [6.45, 7) is 10.4. The Morgan fingerprint density at radius 2 is 1.68 bits per heavy atom. The highest BCUT2D eigenvalue weighted by Gasteiger charge is 2.23. The van der Waals surface area contributed by atoms with Gasteiger partial charge >= 0.3 is 12.0 Å². The van der Waals surface area contributed by atoms with Crippen molar-refractivity contribution in [3.05, 3.63) is 0 Å². The highest BCUT2D eigenvalue weighted by molar-refractivity contribution is 5.76. The summed E-state index contributed by atoms with van der Waals surface area (Å²) >= 11 is 0. The van der Waals surface area contributed by atoms with E-state index in [0.717, 1.165) is 12.8 Å². The highest BCUT2D eigenvalue weighted by Crippen LogP contribution is 2.13. The first kappa shape index (κ1) is 17.7. The molecule has 0 saturated heterocycles. The topological polar surface area (TPSA) is 69.6 Å². The van der Waals surface area contributed by atoms with Crippen molar-refractivity contribution in [3.63, 3.8) is 0 Å². The van der Waals surface area contributed by atoms with Gasteiger partial charge in [0.2, 0.25) is 0 Å². The number of rotatable bonds is 8. The third kappa shape index (κ3) is 5.94. The molecule has 0 aromatic carbocycles. The van der Waals surface area contributed by atoms with Gasteiger partial charge in [-0.1, -0.05) is 26.7 Å². The smallest absolute Gasteiger partial charge is 0.317 e. The Kier molecular flexibility index (Phi) is 8.19. The van der Waals surface area contributed by atoms with Crippen LogP contribution in [0.15, 0.2) is 0 Å². The number of aliphatic carboxylic acids is 1. The number of carboxylic acids is 1. The molecule has 0 fully saturated rings. The molecule has 0 bridgehead atoms. The zero-order valence-corrected chi connectivity index (χ0v) is 12.8. The van der Waals surface area contributed by atoms with Crippen LogP contribution in [0, 0.1) is 5.92 Å². The van der Waals surface area contributed by atoms with Crippen molar-refractivity contribution in [1.29, 1.82) is 0 Å². The molecule has 2 unspecified atom stereocenters. The molecule has 2 N–H and O–H groups in total. The van der Waals surface area contributed by atoms with Gasteiger partial charge in [0.05, 0.1) is 6.42 Å². The standard InChI is InChI=1S/C14H28N2O3/c1-6-12(7-2)11(5)15-14(19)16(8-3)10(4)9-13(17)18/h10-12H,6-9H2,1-5H3,(H,15,19)(H,17,18). The van der Waals surface area contributed by atoms with E-state index in [4.69, 9.17) is 5.11 Å². The van der Waals surface area contributed by atoms with Crippen LogP contribution in [0.4, 0.5) is 4.79 Å². The predicted octanol–water partition coefficient (Wildman–Crippen LogP) is 2.71. The number of carbonyl (C=O) groups excluding carboxylic acids is 1. The SMILES string of the molecule is CCC(CC)C(C)NC(=O)N(CC)C(C)CC(=O)O. The van der Waals surface area contributed by atoms with Crippen molar-refractivity contribution >= 4 is 12.0 Å². The molecule has 0 aliphatic heterocycles. The van der Waals surface area contributed by atoms with Gasteiger partial charge in [0.15, 0.2) is 0 Å². The molecule has 112 valence electrons. The molecule has 0 aromatic rings. The minimum atomic E-state index is -0.883. The van der Waals surface area contributed by atoms with Crippen molar-refractivity contribution in [3.8, 4) is 0 Å². The maximum atomic E-state index is 12.2. The molecule has 0 aromatic heterocycles. The summed E-state index contributed by atoms with van der Waals surface area (Å²) in [6.07, 6.45) is 2.02. The Balaban J connectivity index is 4.54. The lowest BCUT2D eigenvalue weighted by Crippen LogP contribution is -2.49. The molecule has 0 rings (SSSR count). The summed E-state index contributed by atoms with van der Waals surface area (Å²) in [6, 6.07) is -0.361. The van der Waals surface area contributed by atoms with E-state index in [1.807, 2.05) is 13.8 Å². The van der Waals surface area contributed by atoms with E-state index in [-0.39, 0.29) is 24.5 Å². The van der Waals surface area contributed by atoms with Crippen LogP contribution in [0.1, 0.15) is 53.9 Å². The van der Waals surface area contributed by atoms with Crippen LogP contribution in [0.25, 0.3) is 0 Å². The predicted molar refractivity (Wildman–Crippen MR) is 76.2 cm³/mol. The highest BCUT2D eigenvalue weighted by atomic mass is 16.4. The maximum Gasteiger partial charge on any atom is 0.317 e. The van der Waals surface area contributed by atoms with Crippen LogP contribution in [0.3, 0.4) is 0 Å². The fourth-order valence-corrected chi connectivity index (χ4v) is 2.41. The van der Waals surface area contributed by atoms with E-state index < -0.39 is 5.97 Å². The van der Waals surface area contributed by atoms with E-state index >= 15 is 0 Å². The lowest BCUT2D eigenvalue weighted by molar-refractivity contribution is -0.138. The molecule has 2 atom stereocenters. The van der Waals surface area contributed by atoms with E-state index in [1.165, 1.54) is 0 Å². The minimum absolute atomic E-state index is 0.0272. The second-order valence-corrected chi connectivity index (χ2v) is 5.05. The van der Waals surface area contributed by atoms with Crippen LogP contribution in [-0.4, -0.2) is 40.6 Å². The Morgan fingerprint density at radius 1 is 1.16 bits per heavy atom. The average Bonchev–Trinajstić information content (AvgIpc) is 2.30. The minimum Gasteiger partial charge on any atom is -0.481 e. The van der Waals surface area contributed by atoms with Gasteiger partial charge in [-0.15, -0.1) is 0 Å². The number of urea groups is 1. The molecule has 0 aliphatic carbocycles. The van der Waals surface area contributed by atoms with Crippen LogP contribution < -0.4 is 5.32 Å². The number of amides is 2. The van der Waals surface area contributed by atoms with E-state index in [2.05, 4.69) is 19.2 Å². The lowest BCUT2D eigenvalue weighted by Gasteiger charge is -2.30. The molecule has 5 nitrogen and oxygen atoms in total. The largest absolute Gasteiger partial charge is 0.481 e. The van der Waals surface area contributed by atoms with Gasteiger partial charge in [-0.05, 0) is 26.7 Å². The summed E-state index contributed by atoms with van der Waals surface area (Å²) in [4.78, 5) is 24.5. The second kappa shape index (κ2) is 8.77. The zero-order valence-electron chi connectivity index (χ0n) is 12.8. The molecule has 0 radical (unpaired) electrons. The lowest BCUT2D eigenvalue weighted by atomic mass is 9.96. The van der Waals surface area contributed by atoms with Crippen LogP contribution in [0.5, 0.6) is 0 Å². The van der Waals surface area contributed by atoms with Gasteiger partial charge < -0.3 is 15.3 Å². The van der Waals surface area contributed by atoms with Crippen LogP contribution in [0.2, 0.25) is 0 Å². The summed E-state index contributed by atoms with van der Waals surface area (Å²) < 4.78 is 0. The average molecular weight is 272 g/mol. The van der Waals surface area contributed by atoms with E-state index in [9.17, 15) is 9.59 Å². The Morgan fingerprint density at radius 3 is 2.05 bits per heavy atom. The van der Waals surface area contributed by atoms with Crippen molar-refractivity contribution in [2.75, 3.05) is 6.54 Å². The number of carboxylic acid groups (broad SMARTS) is 1. The molecular formula is C14H28N2O3. The molecule has 0 spiro atoms. The summed E-state index contributed by atoms with van der Waals surface area (Å²) in [5, 5.41) is 11.8. The van der Waals surface area contributed by atoms with Crippen molar-refractivity contribution in [2.45, 2.75) is 66.0 Å². The monoisotopic (exact) mass is 272 g/mol. The summed E-state index contributed by atoms with van der Waals surface area (Å²) in [5.41, 5.74) is 0. The first-order valence-electron chi connectivity index (χ1n) is 7.16. The van der Waals surface area contributed by atoms with Crippen LogP contribution in [-0.2, 0) is 4.79 Å². The van der Waals surface area contributed by atoms with Gasteiger partial charge in [0.25, 0.3) is 0 Å². The molecule has 2 amide bonds. The Hall–Kier alpha value is -1.26. The van der Waals surface area contributed by atoms with Gasteiger partial charge in [0, 0.05) is 18.6 Å². The fourth-order valence-electron chi connectivity index (χ4n) is 2.41. The van der Waals surface area contributed by atoms with Crippen molar-refractivity contribution in [1.82, 2.24) is 10.2 Å². The number of carbonyl (C=O) groups is 2. The van der Waals surface area contributed by atoms with E-state index in [0.29, 0.717) is 12.5 Å². The second-order valence-electron chi connectivity index (χ2n) is 5.05. The molecule has 5 heteroatoms. The summed E-state index contributed by atoms with van der Waals surface area (Å²) in [7, 11) is 0. The number of hydrogen-bond donors (Lipinski definition) is 2. The molecule has 0 saturated carbocycles. The number of nitrogens with zero attached hydrogens (tertiary/aromatic N) is 1. The third-order valence-electron chi connectivity index (χ3n) is 3.71. The first-order valence-corrected chi connectivity index (χ1v) is 7.16. The van der Waals surface area contributed by atoms with Gasteiger partial charge in [-0.2, -0.15) is 0 Å². The quantitative estimate of drug-likeness (QED) is 0.713. The van der Waals surface area contributed by atoms with Gasteiger partial charge in [0.1, 0.15) is 0 Å². The van der Waals surface area contributed by atoms with Crippen LogP contribution >= 0.6 is 0 Å². The first-order chi connectivity index (χ1) is 8.87. The molecular weight excluding hydrogens is 244 g/mol. The van der Waals surface area contributed by atoms with Gasteiger partial charge in [-0.3, -0.25) is 4.79 Å². The van der Waals surface area contributed by atoms with E-state index in [1.54, 1.807) is 11.8 Å². The number of nitrogens with one attached hydrogen (secondary N) is 1. The fraction of sp³-hybridized carbons (Fsp3) is 0.857. The van der Waals surface area contributed by atoms with Crippen molar-refractivity contribution in [2.24, 2.45) is 5.92 Å². The van der Waals surface area contributed by atoms with Gasteiger partial charge in [-0.25, -0.2) is 4.79 Å². The maximum absolute atomic E-state index is 12.2. The molecule has 19 heavy (non-hydrogen) atoms. The third-order valence-corrected chi connectivity index (χ3v) is 3.71. The van der Waals surface area contributed by atoms with Crippen molar-refractivity contribution < 1.29 is 14.7 Å². The molecule has 0 heterocycles. The molecule has 0 aliphatic rings. The summed E-state index contributed by atoms with van der Waals surface area (Å²) in [5.74, 6) is -0.427.